The minimum atomic E-state index is -0.872. The number of nitrogens with one attached hydrogen (secondary N) is 1. The first-order valence-corrected chi connectivity index (χ1v) is 10.3. The molecule has 1 unspecified atom stereocenters. The second-order valence-electron chi connectivity index (χ2n) is 7.01. The van der Waals surface area contributed by atoms with Crippen molar-refractivity contribution in [2.45, 2.75) is 45.7 Å². The molecule has 3 aromatic rings. The number of rotatable bonds is 5. The Morgan fingerprint density at radius 3 is 2.97 bits per heavy atom. The van der Waals surface area contributed by atoms with E-state index in [0.717, 1.165) is 22.2 Å². The number of nitrogens with zero attached hydrogens (tertiary/aromatic N) is 5. The Bertz CT molecular complexity index is 1110. The molecule has 1 aliphatic heterocycles. The van der Waals surface area contributed by atoms with Crippen LogP contribution in [0.25, 0.3) is 4.96 Å². The molecule has 4 rings (SSSR count). The zero-order valence-corrected chi connectivity index (χ0v) is 17.0. The van der Waals surface area contributed by atoms with Gasteiger partial charge in [-0.3, -0.25) is 14.6 Å². The minimum absolute atomic E-state index is 0.120. The molecule has 3 aromatic heterocycles. The van der Waals surface area contributed by atoms with Gasteiger partial charge in [0.15, 0.2) is 0 Å². The van der Waals surface area contributed by atoms with Crippen molar-refractivity contribution in [3.05, 3.63) is 51.5 Å². The van der Waals surface area contributed by atoms with Gasteiger partial charge in [0.2, 0.25) is 21.8 Å². The molecule has 10 heteroatoms. The number of carbonyl (C=O) groups is 1. The van der Waals surface area contributed by atoms with Crippen LogP contribution in [0.4, 0.5) is 9.52 Å². The second-order valence-corrected chi connectivity index (χ2v) is 7.94. The van der Waals surface area contributed by atoms with Gasteiger partial charge in [-0.25, -0.2) is 4.98 Å². The smallest absolute Gasteiger partial charge is 0.311 e. The molecule has 0 spiro atoms. The van der Waals surface area contributed by atoms with Gasteiger partial charge in [-0.15, -0.1) is 5.10 Å². The molecular weight excluding hydrogens is 395 g/mol. The maximum absolute atomic E-state index is 14.1. The molecule has 0 radical (unpaired) electrons. The molecule has 1 saturated heterocycles. The highest BCUT2D eigenvalue weighted by molar-refractivity contribution is 7.20. The third-order valence-electron chi connectivity index (χ3n) is 4.97. The summed E-state index contributed by atoms with van der Waals surface area (Å²) in [4.78, 5) is 35.7. The number of pyridine rings is 1. The summed E-state index contributed by atoms with van der Waals surface area (Å²) in [6.07, 6.45) is 3.60. The van der Waals surface area contributed by atoms with Crippen LogP contribution in [-0.2, 0) is 17.8 Å². The predicted molar refractivity (Wildman–Crippen MR) is 108 cm³/mol. The van der Waals surface area contributed by atoms with E-state index in [-0.39, 0.29) is 11.6 Å². The van der Waals surface area contributed by atoms with Crippen LogP contribution in [0.3, 0.4) is 0 Å². The SMILES string of the molecule is CCc1nc2sc(N3CCCC3C(=O)NCc3ccc(C)cn3)nn2c(=O)c1F. The molecular formula is C19H21FN6O2S. The molecule has 1 amide bonds. The lowest BCUT2D eigenvalue weighted by Crippen LogP contribution is -2.43. The Kier molecular flexibility index (Phi) is 5.27. The first-order chi connectivity index (χ1) is 14.0. The summed E-state index contributed by atoms with van der Waals surface area (Å²) in [6.45, 7) is 4.68. The molecule has 4 heterocycles. The maximum Gasteiger partial charge on any atom is 0.311 e. The number of hydrogen-bond acceptors (Lipinski definition) is 7. The van der Waals surface area contributed by atoms with E-state index in [4.69, 9.17) is 0 Å². The van der Waals surface area contributed by atoms with Crippen LogP contribution in [0.1, 0.15) is 36.7 Å². The molecule has 152 valence electrons. The van der Waals surface area contributed by atoms with Gasteiger partial charge >= 0.3 is 5.56 Å². The summed E-state index contributed by atoms with van der Waals surface area (Å²) < 4.78 is 15.1. The number of hydrogen-bond donors (Lipinski definition) is 1. The van der Waals surface area contributed by atoms with Gasteiger partial charge in [-0.2, -0.15) is 8.91 Å². The standard InChI is InChI=1S/C19H21FN6O2S/c1-3-13-15(20)17(28)26-18(23-13)29-19(24-26)25-8-4-5-14(25)16(27)22-10-12-7-6-11(2)9-21-12/h6-7,9,14H,3-5,8,10H2,1-2H3,(H,22,27). The number of fused-ring (bicyclic) bond motifs is 1. The van der Waals surface area contributed by atoms with E-state index in [2.05, 4.69) is 20.4 Å². The number of halogens is 1. The Hall–Kier alpha value is -2.88. The van der Waals surface area contributed by atoms with Gasteiger partial charge in [0, 0.05) is 12.7 Å². The van der Waals surface area contributed by atoms with Crippen LogP contribution in [-0.4, -0.2) is 38.1 Å². The highest BCUT2D eigenvalue weighted by Crippen LogP contribution is 2.29. The van der Waals surface area contributed by atoms with Gasteiger partial charge in [0.05, 0.1) is 17.9 Å². The van der Waals surface area contributed by atoms with Crippen molar-refractivity contribution < 1.29 is 9.18 Å². The van der Waals surface area contributed by atoms with Gasteiger partial charge < -0.3 is 10.2 Å². The van der Waals surface area contributed by atoms with Crippen LogP contribution < -0.4 is 15.8 Å². The van der Waals surface area contributed by atoms with Gasteiger partial charge in [-0.05, 0) is 37.8 Å². The fourth-order valence-electron chi connectivity index (χ4n) is 3.37. The Morgan fingerprint density at radius 1 is 1.41 bits per heavy atom. The molecule has 29 heavy (non-hydrogen) atoms. The van der Waals surface area contributed by atoms with Crippen LogP contribution in [0.2, 0.25) is 0 Å². The third-order valence-corrected chi connectivity index (χ3v) is 5.91. The Labute approximate surface area is 170 Å². The molecule has 0 saturated carbocycles. The number of anilines is 1. The predicted octanol–water partition coefficient (Wildman–Crippen LogP) is 1.84. The number of amides is 1. The van der Waals surface area contributed by atoms with Crippen LogP contribution in [0.5, 0.6) is 0 Å². The van der Waals surface area contributed by atoms with Crippen molar-refractivity contribution in [1.82, 2.24) is 24.9 Å². The number of aromatic nitrogens is 4. The normalized spacial score (nSPS) is 16.5. The van der Waals surface area contributed by atoms with Gasteiger partial charge in [0.1, 0.15) is 6.04 Å². The first kappa shape index (κ1) is 19.4. The average molecular weight is 416 g/mol. The fourth-order valence-corrected chi connectivity index (χ4v) is 4.36. The first-order valence-electron chi connectivity index (χ1n) is 9.52. The lowest BCUT2D eigenvalue weighted by atomic mass is 10.2. The van der Waals surface area contributed by atoms with Crippen molar-refractivity contribution in [2.75, 3.05) is 11.4 Å². The largest absolute Gasteiger partial charge is 0.349 e. The van der Waals surface area contributed by atoms with Gasteiger partial charge in [0.25, 0.3) is 0 Å². The highest BCUT2D eigenvalue weighted by atomic mass is 32.1. The van der Waals surface area contributed by atoms with Crippen LogP contribution in [0, 0.1) is 12.7 Å². The molecule has 0 aromatic carbocycles. The van der Waals surface area contributed by atoms with Crippen molar-refractivity contribution in [3.63, 3.8) is 0 Å². The summed E-state index contributed by atoms with van der Waals surface area (Å²) in [7, 11) is 0. The Balaban J connectivity index is 1.54. The van der Waals surface area contributed by atoms with E-state index < -0.39 is 17.4 Å². The summed E-state index contributed by atoms with van der Waals surface area (Å²) in [5.41, 5.74) is 1.17. The fraction of sp³-hybridized carbons (Fsp3) is 0.421. The Morgan fingerprint density at radius 2 is 2.24 bits per heavy atom. The van der Waals surface area contributed by atoms with E-state index in [1.165, 1.54) is 11.3 Å². The molecule has 0 aliphatic carbocycles. The van der Waals surface area contributed by atoms with E-state index in [0.29, 0.717) is 36.0 Å². The molecule has 1 atom stereocenters. The van der Waals surface area contributed by atoms with Crippen molar-refractivity contribution in [2.24, 2.45) is 0 Å². The lowest BCUT2D eigenvalue weighted by molar-refractivity contribution is -0.122. The zero-order valence-electron chi connectivity index (χ0n) is 16.2. The van der Waals surface area contributed by atoms with Crippen molar-refractivity contribution >= 4 is 27.3 Å². The molecule has 1 aliphatic rings. The molecule has 0 bridgehead atoms. The van der Waals surface area contributed by atoms with E-state index >= 15 is 0 Å². The van der Waals surface area contributed by atoms with E-state index in [9.17, 15) is 14.0 Å². The lowest BCUT2D eigenvalue weighted by Gasteiger charge is -2.22. The summed E-state index contributed by atoms with van der Waals surface area (Å²) in [5.74, 6) is -0.993. The molecule has 1 N–H and O–H groups in total. The van der Waals surface area contributed by atoms with Crippen LogP contribution >= 0.6 is 11.3 Å². The second kappa shape index (κ2) is 7.86. The number of carbonyl (C=O) groups excluding carboxylic acids is 1. The number of aryl methyl sites for hydroxylation is 2. The third kappa shape index (κ3) is 3.71. The molecule has 1 fully saturated rings. The quantitative estimate of drug-likeness (QED) is 0.682. The molecule has 8 nitrogen and oxygen atoms in total. The van der Waals surface area contributed by atoms with E-state index in [1.807, 2.05) is 24.0 Å². The maximum atomic E-state index is 14.1. The summed E-state index contributed by atoms with van der Waals surface area (Å²) >= 11 is 1.19. The van der Waals surface area contributed by atoms with Crippen LogP contribution in [0.15, 0.2) is 23.1 Å². The van der Waals surface area contributed by atoms with E-state index in [1.54, 1.807) is 13.1 Å². The minimum Gasteiger partial charge on any atom is -0.349 e. The summed E-state index contributed by atoms with van der Waals surface area (Å²) in [6, 6.07) is 3.44. The zero-order chi connectivity index (χ0) is 20.5. The highest BCUT2D eigenvalue weighted by Gasteiger charge is 2.33. The monoisotopic (exact) mass is 416 g/mol. The summed E-state index contributed by atoms with van der Waals surface area (Å²) in [5, 5.41) is 7.66. The van der Waals surface area contributed by atoms with Crippen molar-refractivity contribution in [3.8, 4) is 0 Å². The van der Waals surface area contributed by atoms with Crippen molar-refractivity contribution in [1.29, 1.82) is 0 Å². The average Bonchev–Trinajstić information content (AvgIpc) is 3.37. The topological polar surface area (TPSA) is 92.5 Å². The van der Waals surface area contributed by atoms with Gasteiger partial charge in [-0.1, -0.05) is 24.3 Å².